The molecular formula is C16H15N2O. The van der Waals surface area contributed by atoms with Gasteiger partial charge in [-0.25, -0.2) is 4.98 Å². The lowest BCUT2D eigenvalue weighted by Crippen LogP contribution is -1.91. The standard InChI is InChI=1S/C16H15N2O/c1-3-18-11-17-15-9-8-14(10-16(15)18)19-13-6-4-12(2)5-7-13/h4-10H,3H2,1-2H3. The maximum absolute atomic E-state index is 5.86. The summed E-state index contributed by atoms with van der Waals surface area (Å²) in [7, 11) is 0. The molecule has 0 aliphatic rings. The molecule has 3 rings (SSSR count). The number of hydrogen-bond donors (Lipinski definition) is 0. The smallest absolute Gasteiger partial charge is 0.177 e. The average molecular weight is 251 g/mol. The van der Waals surface area contributed by atoms with Crippen LogP contribution in [-0.4, -0.2) is 9.55 Å². The molecule has 0 N–H and O–H groups in total. The summed E-state index contributed by atoms with van der Waals surface area (Å²) in [5.74, 6) is 1.66. The quantitative estimate of drug-likeness (QED) is 0.704. The van der Waals surface area contributed by atoms with Gasteiger partial charge in [-0.1, -0.05) is 17.7 Å². The normalized spacial score (nSPS) is 10.8. The lowest BCUT2D eigenvalue weighted by Gasteiger charge is -2.06. The first-order valence-electron chi connectivity index (χ1n) is 6.39. The Morgan fingerprint density at radius 3 is 2.58 bits per heavy atom. The highest BCUT2D eigenvalue weighted by Gasteiger charge is 2.04. The fourth-order valence-corrected chi connectivity index (χ4v) is 2.03. The number of ether oxygens (including phenoxy) is 1. The molecule has 3 heteroatoms. The molecule has 0 unspecified atom stereocenters. The van der Waals surface area contributed by atoms with E-state index in [0.717, 1.165) is 29.1 Å². The summed E-state index contributed by atoms with van der Waals surface area (Å²) in [6.07, 6.45) is 2.97. The Morgan fingerprint density at radius 1 is 1.11 bits per heavy atom. The molecule has 95 valence electrons. The summed E-state index contributed by atoms with van der Waals surface area (Å²) >= 11 is 0. The zero-order valence-electron chi connectivity index (χ0n) is 11.1. The Balaban J connectivity index is 1.94. The SMILES string of the molecule is CCn1[c]nc2ccc(Oc3ccc(C)cc3)cc21. The van der Waals surface area contributed by atoms with E-state index >= 15 is 0 Å². The van der Waals surface area contributed by atoms with E-state index in [9.17, 15) is 0 Å². The molecule has 0 saturated heterocycles. The number of aryl methyl sites for hydroxylation is 2. The molecule has 1 radical (unpaired) electrons. The van der Waals surface area contributed by atoms with E-state index < -0.39 is 0 Å². The van der Waals surface area contributed by atoms with Gasteiger partial charge in [0.2, 0.25) is 0 Å². The van der Waals surface area contributed by atoms with Crippen LogP contribution in [0.25, 0.3) is 11.0 Å². The van der Waals surface area contributed by atoms with Gasteiger partial charge in [0.25, 0.3) is 0 Å². The van der Waals surface area contributed by atoms with Gasteiger partial charge >= 0.3 is 0 Å². The molecule has 0 spiro atoms. The summed E-state index contributed by atoms with van der Waals surface area (Å²) in [6, 6.07) is 13.9. The van der Waals surface area contributed by atoms with Crippen molar-refractivity contribution < 1.29 is 4.74 Å². The number of aromatic nitrogens is 2. The van der Waals surface area contributed by atoms with Crippen molar-refractivity contribution in [3.8, 4) is 11.5 Å². The molecular weight excluding hydrogens is 236 g/mol. The van der Waals surface area contributed by atoms with Crippen LogP contribution in [0.15, 0.2) is 42.5 Å². The van der Waals surface area contributed by atoms with Crippen molar-refractivity contribution in [3.05, 3.63) is 54.4 Å². The number of rotatable bonds is 3. The molecule has 1 heterocycles. The van der Waals surface area contributed by atoms with E-state index in [0.29, 0.717) is 0 Å². The fraction of sp³-hybridized carbons (Fsp3) is 0.188. The van der Waals surface area contributed by atoms with Gasteiger partial charge in [0.1, 0.15) is 11.5 Å². The van der Waals surface area contributed by atoms with Gasteiger partial charge in [0.05, 0.1) is 11.0 Å². The summed E-state index contributed by atoms with van der Waals surface area (Å²) in [5, 5.41) is 0. The molecule has 0 bridgehead atoms. The Kier molecular flexibility index (Phi) is 2.95. The number of benzene rings is 2. The monoisotopic (exact) mass is 251 g/mol. The Morgan fingerprint density at radius 2 is 1.84 bits per heavy atom. The lowest BCUT2D eigenvalue weighted by atomic mass is 10.2. The van der Waals surface area contributed by atoms with Crippen molar-refractivity contribution in [1.82, 2.24) is 9.55 Å². The number of nitrogens with zero attached hydrogens (tertiary/aromatic N) is 2. The van der Waals surface area contributed by atoms with E-state index in [1.54, 1.807) is 0 Å². The Labute approximate surface area is 112 Å². The van der Waals surface area contributed by atoms with Crippen molar-refractivity contribution in [2.45, 2.75) is 20.4 Å². The van der Waals surface area contributed by atoms with Crippen molar-refractivity contribution in [2.24, 2.45) is 0 Å². The van der Waals surface area contributed by atoms with Crippen LogP contribution in [-0.2, 0) is 6.54 Å². The zero-order chi connectivity index (χ0) is 13.2. The third-order valence-corrected chi connectivity index (χ3v) is 3.10. The average Bonchev–Trinajstić information content (AvgIpc) is 2.84. The van der Waals surface area contributed by atoms with Gasteiger partial charge in [0.15, 0.2) is 6.33 Å². The largest absolute Gasteiger partial charge is 0.457 e. The molecule has 3 nitrogen and oxygen atoms in total. The van der Waals surface area contributed by atoms with Gasteiger partial charge in [-0.3, -0.25) is 0 Å². The van der Waals surface area contributed by atoms with Crippen LogP contribution in [0.4, 0.5) is 0 Å². The molecule has 0 fully saturated rings. The highest BCUT2D eigenvalue weighted by molar-refractivity contribution is 5.77. The number of hydrogen-bond acceptors (Lipinski definition) is 2. The van der Waals surface area contributed by atoms with E-state index in [1.807, 2.05) is 47.0 Å². The maximum atomic E-state index is 5.86. The van der Waals surface area contributed by atoms with Crippen molar-refractivity contribution in [1.29, 1.82) is 0 Å². The van der Waals surface area contributed by atoms with Crippen LogP contribution >= 0.6 is 0 Å². The third-order valence-electron chi connectivity index (χ3n) is 3.10. The molecule has 3 aromatic rings. The van der Waals surface area contributed by atoms with Crippen LogP contribution in [0.5, 0.6) is 11.5 Å². The van der Waals surface area contributed by atoms with E-state index in [-0.39, 0.29) is 0 Å². The van der Waals surface area contributed by atoms with Crippen molar-refractivity contribution in [3.63, 3.8) is 0 Å². The summed E-state index contributed by atoms with van der Waals surface area (Å²) in [4.78, 5) is 4.23. The second-order valence-electron chi connectivity index (χ2n) is 4.52. The number of fused-ring (bicyclic) bond motifs is 1. The third kappa shape index (κ3) is 2.32. The topological polar surface area (TPSA) is 27.1 Å². The maximum Gasteiger partial charge on any atom is 0.177 e. The first kappa shape index (κ1) is 11.8. The lowest BCUT2D eigenvalue weighted by molar-refractivity contribution is 0.483. The molecule has 0 aliphatic heterocycles. The summed E-state index contributed by atoms with van der Waals surface area (Å²) in [6.45, 7) is 4.99. The fourth-order valence-electron chi connectivity index (χ4n) is 2.03. The van der Waals surface area contributed by atoms with Crippen LogP contribution in [0, 0.1) is 13.3 Å². The van der Waals surface area contributed by atoms with Gasteiger partial charge in [-0.15, -0.1) is 0 Å². The highest BCUT2D eigenvalue weighted by atomic mass is 16.5. The van der Waals surface area contributed by atoms with Crippen molar-refractivity contribution in [2.75, 3.05) is 0 Å². The Bertz CT molecular complexity index is 698. The molecule has 0 aliphatic carbocycles. The van der Waals surface area contributed by atoms with Gasteiger partial charge < -0.3 is 9.30 Å². The minimum Gasteiger partial charge on any atom is -0.457 e. The summed E-state index contributed by atoms with van der Waals surface area (Å²) in [5.41, 5.74) is 3.21. The first-order valence-corrected chi connectivity index (χ1v) is 6.39. The molecule has 2 aromatic carbocycles. The summed E-state index contributed by atoms with van der Waals surface area (Å²) < 4.78 is 7.84. The van der Waals surface area contributed by atoms with E-state index in [2.05, 4.69) is 25.2 Å². The predicted molar refractivity (Wildman–Crippen MR) is 75.5 cm³/mol. The van der Waals surface area contributed by atoms with Gasteiger partial charge in [-0.2, -0.15) is 0 Å². The molecule has 19 heavy (non-hydrogen) atoms. The van der Waals surface area contributed by atoms with Crippen molar-refractivity contribution >= 4 is 11.0 Å². The molecule has 1 aromatic heterocycles. The molecule has 0 saturated carbocycles. The zero-order valence-corrected chi connectivity index (χ0v) is 11.1. The van der Waals surface area contributed by atoms with Gasteiger partial charge in [-0.05, 0) is 38.1 Å². The van der Waals surface area contributed by atoms with E-state index in [1.165, 1.54) is 5.56 Å². The second-order valence-corrected chi connectivity index (χ2v) is 4.52. The Hall–Kier alpha value is -2.29. The van der Waals surface area contributed by atoms with Gasteiger partial charge in [0, 0.05) is 12.6 Å². The minimum atomic E-state index is 0.819. The van der Waals surface area contributed by atoms with E-state index in [4.69, 9.17) is 4.74 Å². The van der Waals surface area contributed by atoms with Crippen LogP contribution in [0.1, 0.15) is 12.5 Å². The van der Waals surface area contributed by atoms with Crippen LogP contribution in [0.3, 0.4) is 0 Å². The predicted octanol–water partition coefficient (Wildman–Crippen LogP) is 3.96. The highest BCUT2D eigenvalue weighted by Crippen LogP contribution is 2.25. The minimum absolute atomic E-state index is 0.819. The molecule has 0 amide bonds. The molecule has 0 atom stereocenters. The second kappa shape index (κ2) is 4.76. The first-order chi connectivity index (χ1) is 9.26. The van der Waals surface area contributed by atoms with Crippen LogP contribution in [0.2, 0.25) is 0 Å². The van der Waals surface area contributed by atoms with Crippen LogP contribution < -0.4 is 4.74 Å². The number of imidazole rings is 1.